The van der Waals surface area contributed by atoms with Crippen molar-refractivity contribution in [1.29, 1.82) is 0 Å². The Morgan fingerprint density at radius 2 is 2.19 bits per heavy atom. The number of ether oxygens (including phenoxy) is 1. The van der Waals surface area contributed by atoms with Gasteiger partial charge in [-0.3, -0.25) is 4.79 Å². The van der Waals surface area contributed by atoms with Crippen LogP contribution in [0.15, 0.2) is 0 Å². The van der Waals surface area contributed by atoms with Crippen molar-refractivity contribution < 1.29 is 24.2 Å². The van der Waals surface area contributed by atoms with Crippen LogP contribution >= 0.6 is 0 Å². The maximum atomic E-state index is 11.7. The number of likely N-dealkylation sites (tertiary alicyclic amines) is 1. The molecule has 0 bridgehead atoms. The van der Waals surface area contributed by atoms with E-state index >= 15 is 0 Å². The maximum Gasteiger partial charge on any atom is 0.408 e. The van der Waals surface area contributed by atoms with E-state index in [-0.39, 0.29) is 24.8 Å². The van der Waals surface area contributed by atoms with Gasteiger partial charge in [-0.25, -0.2) is 9.59 Å². The molecule has 1 unspecified atom stereocenters. The van der Waals surface area contributed by atoms with Crippen molar-refractivity contribution in [2.75, 3.05) is 13.1 Å². The van der Waals surface area contributed by atoms with Crippen molar-refractivity contribution in [2.45, 2.75) is 38.8 Å². The molecule has 0 aromatic heterocycles. The fourth-order valence-corrected chi connectivity index (χ4v) is 1.92. The van der Waals surface area contributed by atoms with E-state index < -0.39 is 23.7 Å². The summed E-state index contributed by atoms with van der Waals surface area (Å²) < 4.78 is 5.00. The van der Waals surface area contributed by atoms with E-state index in [1.54, 1.807) is 20.8 Å². The minimum absolute atomic E-state index is 0.133. The Labute approximate surface area is 123 Å². The number of alkyl carbamates (subject to hydrolysis) is 1. The van der Waals surface area contributed by atoms with Gasteiger partial charge >= 0.3 is 12.1 Å². The monoisotopic (exact) mass is 296 g/mol. The Balaban J connectivity index is 2.63. The third-order valence-corrected chi connectivity index (χ3v) is 2.84. The van der Waals surface area contributed by atoms with Crippen molar-refractivity contribution in [3.63, 3.8) is 0 Å². The second-order valence-corrected chi connectivity index (χ2v) is 5.90. The van der Waals surface area contributed by atoms with Crippen molar-refractivity contribution >= 4 is 18.0 Å². The zero-order valence-corrected chi connectivity index (χ0v) is 12.4. The van der Waals surface area contributed by atoms with Crippen LogP contribution in [0, 0.1) is 18.3 Å². The molecule has 21 heavy (non-hydrogen) atoms. The topological polar surface area (TPSA) is 95.9 Å². The highest BCUT2D eigenvalue weighted by Gasteiger charge is 2.33. The van der Waals surface area contributed by atoms with Crippen molar-refractivity contribution in [1.82, 2.24) is 10.2 Å². The van der Waals surface area contributed by atoms with Gasteiger partial charge in [0.2, 0.25) is 5.91 Å². The van der Waals surface area contributed by atoms with E-state index in [0.29, 0.717) is 6.54 Å². The number of carboxylic acid groups (broad SMARTS) is 1. The molecule has 2 N–H and O–H groups in total. The molecule has 1 heterocycles. The molecule has 7 nitrogen and oxygen atoms in total. The van der Waals surface area contributed by atoms with Gasteiger partial charge in [0.05, 0.1) is 6.54 Å². The number of hydrogen-bond donors (Lipinski definition) is 2. The second-order valence-electron chi connectivity index (χ2n) is 5.90. The summed E-state index contributed by atoms with van der Waals surface area (Å²) in [5.74, 6) is 0.811. The Morgan fingerprint density at radius 3 is 2.62 bits per heavy atom. The molecule has 116 valence electrons. The molecule has 7 heteroatoms. The molecule has 0 saturated carbocycles. The number of carbonyl (C=O) groups is 3. The molecule has 2 amide bonds. The van der Waals surface area contributed by atoms with Crippen LogP contribution in [0.1, 0.15) is 27.2 Å². The Kier molecular flexibility index (Phi) is 5.19. The number of aliphatic carboxylic acids is 1. The number of carbonyl (C=O) groups excluding carboxylic acids is 2. The van der Waals surface area contributed by atoms with Gasteiger partial charge in [0.1, 0.15) is 11.6 Å². The van der Waals surface area contributed by atoms with Gasteiger partial charge in [0.25, 0.3) is 0 Å². The minimum Gasteiger partial charge on any atom is -0.480 e. The summed E-state index contributed by atoms with van der Waals surface area (Å²) in [6.07, 6.45) is 4.63. The maximum absolute atomic E-state index is 11.7. The van der Waals surface area contributed by atoms with Crippen LogP contribution in [0.2, 0.25) is 0 Å². The van der Waals surface area contributed by atoms with Crippen LogP contribution in [0.25, 0.3) is 0 Å². The molecular weight excluding hydrogens is 276 g/mol. The van der Waals surface area contributed by atoms with Gasteiger partial charge in [-0.05, 0) is 20.8 Å². The zero-order valence-electron chi connectivity index (χ0n) is 12.4. The lowest BCUT2D eigenvalue weighted by Crippen LogP contribution is -2.50. The van der Waals surface area contributed by atoms with E-state index in [0.717, 1.165) is 0 Å². The quantitative estimate of drug-likeness (QED) is 0.734. The van der Waals surface area contributed by atoms with Gasteiger partial charge in [0, 0.05) is 18.9 Å². The molecular formula is C14H20N2O5. The first kappa shape index (κ1) is 16.8. The lowest BCUT2D eigenvalue weighted by Gasteiger charge is -2.24. The minimum atomic E-state index is -1.24. The summed E-state index contributed by atoms with van der Waals surface area (Å²) in [6.45, 7) is 5.18. The predicted octanol–water partition coefficient (Wildman–Crippen LogP) is 0.446. The molecule has 1 aliphatic rings. The summed E-state index contributed by atoms with van der Waals surface area (Å²) in [4.78, 5) is 35.9. The van der Waals surface area contributed by atoms with Gasteiger partial charge in [0.15, 0.2) is 0 Å². The van der Waals surface area contributed by atoms with Crippen LogP contribution < -0.4 is 5.32 Å². The van der Waals surface area contributed by atoms with Crippen molar-refractivity contribution in [3.8, 4) is 12.3 Å². The second kappa shape index (κ2) is 6.48. The van der Waals surface area contributed by atoms with Gasteiger partial charge in [-0.2, -0.15) is 0 Å². The first-order valence-electron chi connectivity index (χ1n) is 6.58. The van der Waals surface area contributed by atoms with Gasteiger partial charge in [-0.15, -0.1) is 12.3 Å². The number of carboxylic acids is 1. The highest BCUT2D eigenvalue weighted by Crippen LogP contribution is 2.17. The first-order valence-corrected chi connectivity index (χ1v) is 6.58. The highest BCUT2D eigenvalue weighted by molar-refractivity contribution is 5.83. The number of amides is 2. The lowest BCUT2D eigenvalue weighted by molar-refractivity contribution is -0.140. The van der Waals surface area contributed by atoms with Crippen molar-refractivity contribution in [3.05, 3.63) is 0 Å². The Bertz CT molecular complexity index is 475. The molecule has 0 aromatic carbocycles. The number of nitrogens with one attached hydrogen (secondary N) is 1. The zero-order chi connectivity index (χ0) is 16.2. The molecule has 0 aromatic rings. The van der Waals surface area contributed by atoms with Crippen LogP contribution in [0.5, 0.6) is 0 Å². The third-order valence-electron chi connectivity index (χ3n) is 2.84. The smallest absolute Gasteiger partial charge is 0.408 e. The molecule has 0 radical (unpaired) electrons. The molecule has 1 rings (SSSR count). The van der Waals surface area contributed by atoms with Crippen LogP contribution in [-0.4, -0.2) is 52.7 Å². The fourth-order valence-electron chi connectivity index (χ4n) is 1.92. The van der Waals surface area contributed by atoms with Crippen LogP contribution in [0.4, 0.5) is 4.79 Å². The fraction of sp³-hybridized carbons (Fsp3) is 0.643. The Morgan fingerprint density at radius 1 is 1.57 bits per heavy atom. The molecule has 2 atom stereocenters. The standard InChI is InChI=1S/C14H20N2O5/c1-5-9-6-11(17)16(7-9)8-10(12(18)19)15-13(20)21-14(2,3)4/h1,9-10H,6-8H2,2-4H3,(H,15,20)(H,18,19)/t9?,10-/m0/s1. The summed E-state index contributed by atoms with van der Waals surface area (Å²) >= 11 is 0. The summed E-state index contributed by atoms with van der Waals surface area (Å²) in [7, 11) is 0. The third kappa shape index (κ3) is 5.34. The molecule has 1 fully saturated rings. The van der Waals surface area contributed by atoms with E-state index in [2.05, 4.69) is 11.2 Å². The average molecular weight is 296 g/mol. The molecule has 0 spiro atoms. The Hall–Kier alpha value is -2.23. The summed E-state index contributed by atoms with van der Waals surface area (Å²) in [5.41, 5.74) is -0.731. The molecule has 1 aliphatic heterocycles. The lowest BCUT2D eigenvalue weighted by atomic mass is 10.1. The summed E-state index contributed by atoms with van der Waals surface area (Å²) in [5, 5.41) is 11.4. The highest BCUT2D eigenvalue weighted by atomic mass is 16.6. The predicted molar refractivity (Wildman–Crippen MR) is 74.3 cm³/mol. The first-order chi connectivity index (χ1) is 9.62. The average Bonchev–Trinajstić information content (AvgIpc) is 2.66. The largest absolute Gasteiger partial charge is 0.480 e. The van der Waals surface area contributed by atoms with Gasteiger partial charge in [-0.1, -0.05) is 0 Å². The van der Waals surface area contributed by atoms with Crippen molar-refractivity contribution in [2.24, 2.45) is 5.92 Å². The number of hydrogen-bond acceptors (Lipinski definition) is 4. The van der Waals surface area contributed by atoms with E-state index in [4.69, 9.17) is 16.3 Å². The normalized spacial score (nSPS) is 19.8. The number of nitrogens with zero attached hydrogens (tertiary/aromatic N) is 1. The van der Waals surface area contributed by atoms with Crippen LogP contribution in [0.3, 0.4) is 0 Å². The summed E-state index contributed by atoms with van der Waals surface area (Å²) in [6, 6.07) is -1.24. The van der Waals surface area contributed by atoms with E-state index in [1.807, 2.05) is 0 Å². The van der Waals surface area contributed by atoms with Gasteiger partial charge < -0.3 is 20.1 Å². The van der Waals surface area contributed by atoms with E-state index in [1.165, 1.54) is 4.90 Å². The number of rotatable bonds is 4. The SMILES string of the molecule is C#CC1CC(=O)N(C[C@H](NC(=O)OC(C)(C)C)C(=O)O)C1. The molecule has 1 saturated heterocycles. The van der Waals surface area contributed by atoms with Crippen LogP contribution in [-0.2, 0) is 14.3 Å². The number of terminal acetylenes is 1. The van der Waals surface area contributed by atoms with E-state index in [9.17, 15) is 14.4 Å². The molecule has 0 aliphatic carbocycles.